The molecule has 2 rings (SSSR count). The van der Waals surface area contributed by atoms with Gasteiger partial charge < -0.3 is 15.4 Å². The third kappa shape index (κ3) is 4.71. The summed E-state index contributed by atoms with van der Waals surface area (Å²) in [5.41, 5.74) is 1.20. The van der Waals surface area contributed by atoms with Crippen LogP contribution in [0.3, 0.4) is 0 Å². The molecule has 0 saturated carbocycles. The van der Waals surface area contributed by atoms with E-state index in [-0.39, 0.29) is 11.9 Å². The van der Waals surface area contributed by atoms with Gasteiger partial charge in [-0.25, -0.2) is 0 Å². The Hall–Kier alpha value is -1.59. The van der Waals surface area contributed by atoms with Crippen LogP contribution in [0, 0.1) is 0 Å². The van der Waals surface area contributed by atoms with Gasteiger partial charge in [0, 0.05) is 19.5 Å². The molecular weight excluding hydrogens is 278 g/mol. The first kappa shape index (κ1) is 16.8. The molecule has 1 unspecified atom stereocenters. The fourth-order valence-electron chi connectivity index (χ4n) is 2.90. The number of hydrogen-bond donors (Lipinski definition) is 2. The average molecular weight is 305 g/mol. The van der Waals surface area contributed by atoms with Crippen molar-refractivity contribution in [3.05, 3.63) is 29.8 Å². The summed E-state index contributed by atoms with van der Waals surface area (Å²) in [6.45, 7) is 3.54. The maximum atomic E-state index is 11.9. The van der Waals surface area contributed by atoms with Crippen molar-refractivity contribution in [2.75, 3.05) is 40.3 Å². The fourth-order valence-corrected chi connectivity index (χ4v) is 2.90. The smallest absolute Gasteiger partial charge is 0.221 e. The molecule has 1 atom stereocenters. The van der Waals surface area contributed by atoms with Gasteiger partial charge in [-0.05, 0) is 50.7 Å². The molecule has 22 heavy (non-hydrogen) atoms. The van der Waals surface area contributed by atoms with E-state index in [9.17, 15) is 4.79 Å². The minimum Gasteiger partial charge on any atom is -0.497 e. The number of carbonyl (C=O) groups is 1. The van der Waals surface area contributed by atoms with E-state index in [4.69, 9.17) is 4.74 Å². The van der Waals surface area contributed by atoms with Gasteiger partial charge in [-0.3, -0.25) is 9.69 Å². The number of nitrogens with one attached hydrogen (secondary N) is 2. The molecule has 0 bridgehead atoms. The zero-order valence-corrected chi connectivity index (χ0v) is 13.6. The van der Waals surface area contributed by atoms with Crippen molar-refractivity contribution in [2.45, 2.75) is 25.3 Å². The van der Waals surface area contributed by atoms with Crippen LogP contribution < -0.4 is 15.4 Å². The van der Waals surface area contributed by atoms with Crippen molar-refractivity contribution < 1.29 is 9.53 Å². The van der Waals surface area contributed by atoms with Crippen molar-refractivity contribution in [2.24, 2.45) is 0 Å². The Kier molecular flexibility index (Phi) is 6.68. The molecule has 122 valence electrons. The van der Waals surface area contributed by atoms with E-state index in [0.717, 1.165) is 18.8 Å². The van der Waals surface area contributed by atoms with Gasteiger partial charge >= 0.3 is 0 Å². The highest BCUT2D eigenvalue weighted by atomic mass is 16.5. The van der Waals surface area contributed by atoms with Crippen LogP contribution in [0.4, 0.5) is 0 Å². The van der Waals surface area contributed by atoms with Gasteiger partial charge in [-0.2, -0.15) is 0 Å². The lowest BCUT2D eigenvalue weighted by Gasteiger charge is -2.28. The Morgan fingerprint density at radius 3 is 2.82 bits per heavy atom. The quantitative estimate of drug-likeness (QED) is 0.765. The van der Waals surface area contributed by atoms with Crippen LogP contribution in [0.1, 0.15) is 30.9 Å². The summed E-state index contributed by atoms with van der Waals surface area (Å²) in [5, 5.41) is 6.07. The van der Waals surface area contributed by atoms with Crippen molar-refractivity contribution >= 4 is 5.91 Å². The molecule has 5 nitrogen and oxygen atoms in total. The van der Waals surface area contributed by atoms with Crippen molar-refractivity contribution in [3.63, 3.8) is 0 Å². The number of amides is 1. The standard InChI is InChI=1S/C17H27N3O2/c1-18-9-8-17(21)19-13-16(20-10-3-4-11-20)14-6-5-7-15(12-14)22-2/h5-7,12,16,18H,3-4,8-11,13H2,1-2H3,(H,19,21). The van der Waals surface area contributed by atoms with E-state index in [2.05, 4.69) is 27.7 Å². The van der Waals surface area contributed by atoms with E-state index in [1.807, 2.05) is 19.2 Å². The first-order chi connectivity index (χ1) is 10.7. The average Bonchev–Trinajstić information content (AvgIpc) is 3.07. The summed E-state index contributed by atoms with van der Waals surface area (Å²) >= 11 is 0. The molecule has 0 aromatic heterocycles. The van der Waals surface area contributed by atoms with Gasteiger partial charge in [0.25, 0.3) is 0 Å². The topological polar surface area (TPSA) is 53.6 Å². The van der Waals surface area contributed by atoms with Crippen molar-refractivity contribution in [1.82, 2.24) is 15.5 Å². The predicted octanol–water partition coefficient (Wildman–Crippen LogP) is 1.56. The van der Waals surface area contributed by atoms with Crippen LogP contribution in [0.15, 0.2) is 24.3 Å². The second kappa shape index (κ2) is 8.76. The second-order valence-electron chi connectivity index (χ2n) is 5.69. The van der Waals surface area contributed by atoms with Gasteiger partial charge in [-0.1, -0.05) is 12.1 Å². The number of ether oxygens (including phenoxy) is 1. The van der Waals surface area contributed by atoms with Crippen LogP contribution in [-0.2, 0) is 4.79 Å². The molecule has 1 aromatic carbocycles. The van der Waals surface area contributed by atoms with Crippen LogP contribution in [-0.4, -0.2) is 51.1 Å². The Bertz CT molecular complexity index is 473. The number of methoxy groups -OCH3 is 1. The van der Waals surface area contributed by atoms with E-state index < -0.39 is 0 Å². The number of rotatable bonds is 8. The summed E-state index contributed by atoms with van der Waals surface area (Å²) in [6, 6.07) is 8.38. The van der Waals surface area contributed by atoms with E-state index >= 15 is 0 Å². The van der Waals surface area contributed by atoms with Gasteiger partial charge in [-0.15, -0.1) is 0 Å². The van der Waals surface area contributed by atoms with Crippen LogP contribution in [0.25, 0.3) is 0 Å². The molecule has 0 aliphatic carbocycles. The Morgan fingerprint density at radius 2 is 2.14 bits per heavy atom. The first-order valence-electron chi connectivity index (χ1n) is 8.04. The monoisotopic (exact) mass is 305 g/mol. The van der Waals surface area contributed by atoms with Crippen LogP contribution >= 0.6 is 0 Å². The molecule has 1 amide bonds. The highest BCUT2D eigenvalue weighted by Gasteiger charge is 2.24. The predicted molar refractivity (Wildman–Crippen MR) is 88.1 cm³/mol. The fraction of sp³-hybridized carbons (Fsp3) is 0.588. The molecule has 1 heterocycles. The van der Waals surface area contributed by atoms with E-state index in [1.165, 1.54) is 18.4 Å². The Labute approximate surface area is 133 Å². The van der Waals surface area contributed by atoms with Crippen LogP contribution in [0.5, 0.6) is 5.75 Å². The third-order valence-corrected chi connectivity index (χ3v) is 4.15. The Balaban J connectivity index is 2.03. The number of likely N-dealkylation sites (tertiary alicyclic amines) is 1. The number of carbonyl (C=O) groups excluding carboxylic acids is 1. The van der Waals surface area contributed by atoms with E-state index in [0.29, 0.717) is 19.5 Å². The van der Waals surface area contributed by atoms with Gasteiger partial charge in [0.05, 0.1) is 13.2 Å². The summed E-state index contributed by atoms with van der Waals surface area (Å²) in [5.74, 6) is 0.963. The maximum Gasteiger partial charge on any atom is 0.221 e. The molecule has 1 aromatic rings. The molecule has 0 spiro atoms. The summed E-state index contributed by atoms with van der Waals surface area (Å²) < 4.78 is 5.33. The van der Waals surface area contributed by atoms with Crippen LogP contribution in [0.2, 0.25) is 0 Å². The summed E-state index contributed by atoms with van der Waals surface area (Å²) in [7, 11) is 3.54. The molecule has 1 saturated heterocycles. The third-order valence-electron chi connectivity index (χ3n) is 4.15. The maximum absolute atomic E-state index is 11.9. The molecule has 2 N–H and O–H groups in total. The lowest BCUT2D eigenvalue weighted by molar-refractivity contribution is -0.121. The largest absolute Gasteiger partial charge is 0.497 e. The van der Waals surface area contributed by atoms with Gasteiger partial charge in [0.2, 0.25) is 5.91 Å². The molecule has 0 radical (unpaired) electrons. The van der Waals surface area contributed by atoms with Gasteiger partial charge in [0.1, 0.15) is 5.75 Å². The SMILES string of the molecule is CNCCC(=O)NCC(c1cccc(OC)c1)N1CCCC1. The molecule has 1 aliphatic rings. The number of benzene rings is 1. The molecule has 1 fully saturated rings. The normalized spacial score (nSPS) is 16.5. The summed E-state index contributed by atoms with van der Waals surface area (Å²) in [4.78, 5) is 14.3. The summed E-state index contributed by atoms with van der Waals surface area (Å²) in [6.07, 6.45) is 2.98. The van der Waals surface area contributed by atoms with E-state index in [1.54, 1.807) is 7.11 Å². The second-order valence-corrected chi connectivity index (χ2v) is 5.69. The zero-order valence-electron chi connectivity index (χ0n) is 13.6. The number of nitrogens with zero attached hydrogens (tertiary/aromatic N) is 1. The molecule has 5 heteroatoms. The minimum absolute atomic E-state index is 0.0986. The lowest BCUT2D eigenvalue weighted by Crippen LogP contribution is -2.37. The van der Waals surface area contributed by atoms with Gasteiger partial charge in [0.15, 0.2) is 0 Å². The molecule has 1 aliphatic heterocycles. The van der Waals surface area contributed by atoms with Crippen molar-refractivity contribution in [3.8, 4) is 5.75 Å². The first-order valence-corrected chi connectivity index (χ1v) is 8.04. The highest BCUT2D eigenvalue weighted by Crippen LogP contribution is 2.27. The Morgan fingerprint density at radius 1 is 1.36 bits per heavy atom. The highest BCUT2D eigenvalue weighted by molar-refractivity contribution is 5.76. The van der Waals surface area contributed by atoms with Crippen molar-refractivity contribution in [1.29, 1.82) is 0 Å². The molecular formula is C17H27N3O2. The lowest BCUT2D eigenvalue weighted by atomic mass is 10.0. The zero-order chi connectivity index (χ0) is 15.8. The number of hydrogen-bond acceptors (Lipinski definition) is 4. The minimum atomic E-state index is 0.0986.